The van der Waals surface area contributed by atoms with Gasteiger partial charge in [0.1, 0.15) is 10.8 Å². The minimum atomic E-state index is -0.166. The number of ether oxygens (including phenoxy) is 3. The first-order chi connectivity index (χ1) is 13.6. The molecule has 0 unspecified atom stereocenters. The number of methoxy groups -OCH3 is 2. The van der Waals surface area contributed by atoms with Crippen LogP contribution in [0.1, 0.15) is 17.5 Å². The Hall–Kier alpha value is -3.06. The van der Waals surface area contributed by atoms with E-state index in [1.807, 2.05) is 49.4 Å². The molecule has 0 spiro atoms. The highest BCUT2D eigenvalue weighted by molar-refractivity contribution is 7.19. The van der Waals surface area contributed by atoms with Gasteiger partial charge >= 0.3 is 0 Å². The Morgan fingerprint density at radius 3 is 2.71 bits per heavy atom. The number of rotatable bonds is 8. The number of likely N-dealkylation sites (N-methyl/N-ethyl adjacent to an activating group) is 1. The predicted octanol–water partition coefficient (Wildman–Crippen LogP) is 4.00. The summed E-state index contributed by atoms with van der Waals surface area (Å²) in [6, 6.07) is 11.4. The molecule has 0 aliphatic carbocycles. The molecule has 2 aromatic carbocycles. The van der Waals surface area contributed by atoms with Crippen LogP contribution < -0.4 is 19.5 Å². The standard InChI is InChI=1S/C21H22N2O4S/c1-4-22-20(24)13-27-17-9-5-14(11-18(17)26-3)6-10-21-23-16-8-7-15(25-2)12-19(16)28-21/h5-12H,4,13H2,1-3H3,(H,22,24)/b10-6+. The van der Waals surface area contributed by atoms with Crippen molar-refractivity contribution in [2.75, 3.05) is 27.4 Å². The summed E-state index contributed by atoms with van der Waals surface area (Å²) in [4.78, 5) is 16.2. The van der Waals surface area contributed by atoms with E-state index in [0.29, 0.717) is 18.0 Å². The van der Waals surface area contributed by atoms with Crippen molar-refractivity contribution in [3.8, 4) is 17.2 Å². The first-order valence-electron chi connectivity index (χ1n) is 8.83. The van der Waals surface area contributed by atoms with Gasteiger partial charge in [0.2, 0.25) is 0 Å². The second-order valence-corrected chi connectivity index (χ2v) is 6.93. The Bertz CT molecular complexity index is 997. The number of thiazole rings is 1. The van der Waals surface area contributed by atoms with Crippen molar-refractivity contribution >= 4 is 39.6 Å². The predicted molar refractivity (Wildman–Crippen MR) is 112 cm³/mol. The molecule has 28 heavy (non-hydrogen) atoms. The molecule has 3 aromatic rings. The summed E-state index contributed by atoms with van der Waals surface area (Å²) in [5.74, 6) is 1.75. The third-order valence-corrected chi connectivity index (χ3v) is 4.93. The Morgan fingerprint density at radius 1 is 1.11 bits per heavy atom. The SMILES string of the molecule is CCNC(=O)COc1ccc(/C=C/c2nc3ccc(OC)cc3s2)cc1OC. The molecule has 0 atom stereocenters. The van der Waals surface area contributed by atoms with E-state index in [9.17, 15) is 4.79 Å². The molecule has 3 rings (SSSR count). The van der Waals surface area contributed by atoms with Crippen LogP contribution in [0.5, 0.6) is 17.2 Å². The molecule has 0 aliphatic heterocycles. The third-order valence-electron chi connectivity index (χ3n) is 3.95. The number of carbonyl (C=O) groups excluding carboxylic acids is 1. The smallest absolute Gasteiger partial charge is 0.257 e. The van der Waals surface area contributed by atoms with Crippen LogP contribution in [0.25, 0.3) is 22.4 Å². The van der Waals surface area contributed by atoms with Crippen molar-refractivity contribution in [1.82, 2.24) is 10.3 Å². The van der Waals surface area contributed by atoms with E-state index < -0.39 is 0 Å². The molecular weight excluding hydrogens is 376 g/mol. The van der Waals surface area contributed by atoms with Crippen molar-refractivity contribution in [2.45, 2.75) is 6.92 Å². The van der Waals surface area contributed by atoms with Gasteiger partial charge in [0.25, 0.3) is 5.91 Å². The first-order valence-corrected chi connectivity index (χ1v) is 9.64. The van der Waals surface area contributed by atoms with Gasteiger partial charge in [-0.3, -0.25) is 4.79 Å². The average molecular weight is 398 g/mol. The lowest BCUT2D eigenvalue weighted by molar-refractivity contribution is -0.123. The van der Waals surface area contributed by atoms with Crippen molar-refractivity contribution in [3.05, 3.63) is 47.0 Å². The normalized spacial score (nSPS) is 11.0. The molecule has 0 saturated carbocycles. The topological polar surface area (TPSA) is 69.7 Å². The molecule has 0 radical (unpaired) electrons. The molecule has 0 saturated heterocycles. The van der Waals surface area contributed by atoms with E-state index >= 15 is 0 Å². The number of aromatic nitrogens is 1. The van der Waals surface area contributed by atoms with Crippen LogP contribution in [0, 0.1) is 0 Å². The zero-order chi connectivity index (χ0) is 19.9. The van der Waals surface area contributed by atoms with Crippen LogP contribution in [0.3, 0.4) is 0 Å². The molecular formula is C21H22N2O4S. The highest BCUT2D eigenvalue weighted by Crippen LogP contribution is 2.30. The number of fused-ring (bicyclic) bond motifs is 1. The fourth-order valence-electron chi connectivity index (χ4n) is 2.59. The quantitative estimate of drug-likeness (QED) is 0.621. The van der Waals surface area contributed by atoms with Gasteiger partial charge in [-0.1, -0.05) is 12.1 Å². The van der Waals surface area contributed by atoms with Gasteiger partial charge in [-0.15, -0.1) is 11.3 Å². The number of amides is 1. The first kappa shape index (κ1) is 19.7. The van der Waals surface area contributed by atoms with Crippen molar-refractivity contribution in [1.29, 1.82) is 0 Å². The van der Waals surface area contributed by atoms with Gasteiger partial charge in [0.05, 0.1) is 24.4 Å². The monoisotopic (exact) mass is 398 g/mol. The zero-order valence-corrected chi connectivity index (χ0v) is 16.8. The molecule has 146 valence electrons. The summed E-state index contributed by atoms with van der Waals surface area (Å²) in [6.07, 6.45) is 3.92. The van der Waals surface area contributed by atoms with Crippen LogP contribution in [-0.2, 0) is 4.79 Å². The summed E-state index contributed by atoms with van der Waals surface area (Å²) in [5, 5.41) is 3.59. The zero-order valence-electron chi connectivity index (χ0n) is 16.0. The number of nitrogens with one attached hydrogen (secondary N) is 1. The number of hydrogen-bond donors (Lipinski definition) is 1. The molecule has 1 amide bonds. The van der Waals surface area contributed by atoms with E-state index in [1.165, 1.54) is 0 Å². The van der Waals surface area contributed by atoms with Crippen molar-refractivity contribution in [2.24, 2.45) is 0 Å². The van der Waals surface area contributed by atoms with Crippen molar-refractivity contribution in [3.63, 3.8) is 0 Å². The van der Waals surface area contributed by atoms with E-state index in [1.54, 1.807) is 31.6 Å². The summed E-state index contributed by atoms with van der Waals surface area (Å²) in [5.41, 5.74) is 1.89. The van der Waals surface area contributed by atoms with E-state index in [-0.39, 0.29) is 12.5 Å². The maximum Gasteiger partial charge on any atom is 0.257 e. The summed E-state index contributed by atoms with van der Waals surface area (Å²) >= 11 is 1.60. The third kappa shape index (κ3) is 4.80. The van der Waals surface area contributed by atoms with Crippen LogP contribution in [-0.4, -0.2) is 38.3 Å². The largest absolute Gasteiger partial charge is 0.497 e. The highest BCUT2D eigenvalue weighted by Gasteiger charge is 2.08. The Balaban J connectivity index is 1.74. The van der Waals surface area contributed by atoms with E-state index in [0.717, 1.165) is 26.5 Å². The molecule has 1 N–H and O–H groups in total. The van der Waals surface area contributed by atoms with Crippen LogP contribution in [0.2, 0.25) is 0 Å². The van der Waals surface area contributed by atoms with Crippen LogP contribution in [0.4, 0.5) is 0 Å². The molecule has 6 nitrogen and oxygen atoms in total. The number of benzene rings is 2. The van der Waals surface area contributed by atoms with Gasteiger partial charge in [0.15, 0.2) is 18.1 Å². The minimum absolute atomic E-state index is 0.0471. The number of carbonyl (C=O) groups is 1. The highest BCUT2D eigenvalue weighted by atomic mass is 32.1. The maximum atomic E-state index is 11.6. The van der Waals surface area contributed by atoms with Crippen molar-refractivity contribution < 1.29 is 19.0 Å². The van der Waals surface area contributed by atoms with Gasteiger partial charge < -0.3 is 19.5 Å². The van der Waals surface area contributed by atoms with Gasteiger partial charge in [-0.05, 0) is 48.9 Å². The van der Waals surface area contributed by atoms with E-state index in [4.69, 9.17) is 14.2 Å². The molecule has 0 fully saturated rings. The van der Waals surface area contributed by atoms with Crippen LogP contribution in [0.15, 0.2) is 36.4 Å². The molecule has 1 heterocycles. The minimum Gasteiger partial charge on any atom is -0.497 e. The lowest BCUT2D eigenvalue weighted by Crippen LogP contribution is -2.28. The Kier molecular flexibility index (Phi) is 6.49. The van der Waals surface area contributed by atoms with Crippen LogP contribution >= 0.6 is 11.3 Å². The molecule has 0 bridgehead atoms. The number of nitrogens with zero attached hydrogens (tertiary/aromatic N) is 1. The molecule has 7 heteroatoms. The maximum absolute atomic E-state index is 11.6. The average Bonchev–Trinajstić information content (AvgIpc) is 3.13. The fourth-order valence-corrected chi connectivity index (χ4v) is 3.49. The number of hydrogen-bond acceptors (Lipinski definition) is 6. The Morgan fingerprint density at radius 2 is 1.96 bits per heavy atom. The van der Waals surface area contributed by atoms with Gasteiger partial charge in [0, 0.05) is 6.54 Å². The summed E-state index contributed by atoms with van der Waals surface area (Å²) in [7, 11) is 3.22. The summed E-state index contributed by atoms with van der Waals surface area (Å²) < 4.78 is 17.3. The fraction of sp³-hybridized carbons (Fsp3) is 0.238. The lowest BCUT2D eigenvalue weighted by Gasteiger charge is -2.11. The van der Waals surface area contributed by atoms with Gasteiger partial charge in [-0.25, -0.2) is 4.98 Å². The molecule has 1 aromatic heterocycles. The van der Waals surface area contributed by atoms with E-state index in [2.05, 4.69) is 10.3 Å². The Labute approximate surface area is 167 Å². The second kappa shape index (κ2) is 9.23. The molecule has 0 aliphatic rings. The lowest BCUT2D eigenvalue weighted by atomic mass is 10.2. The summed E-state index contributed by atoms with van der Waals surface area (Å²) in [6.45, 7) is 2.39. The second-order valence-electron chi connectivity index (χ2n) is 5.87. The van der Waals surface area contributed by atoms with Gasteiger partial charge in [-0.2, -0.15) is 0 Å².